The fraction of sp³-hybridized carbons (Fsp3) is 0.268. The number of hydrogen-bond donors (Lipinski definition) is 0. The lowest BCUT2D eigenvalue weighted by Gasteiger charge is -2.45. The molecule has 2 saturated heterocycles. The Morgan fingerprint density at radius 2 is 0.898 bits per heavy atom. The predicted octanol–water partition coefficient (Wildman–Crippen LogP) is 9.94. The maximum Gasteiger partial charge on any atom is 0.214 e. The van der Waals surface area contributed by atoms with Crippen molar-refractivity contribution in [2.24, 2.45) is 0 Å². The van der Waals surface area contributed by atoms with Crippen molar-refractivity contribution in [2.45, 2.75) is 12.3 Å². The fourth-order valence-corrected chi connectivity index (χ4v) is 9.91. The number of benzene rings is 4. The van der Waals surface area contributed by atoms with Crippen LogP contribution in [0.4, 0.5) is 0 Å². The van der Waals surface area contributed by atoms with Gasteiger partial charge < -0.3 is 9.47 Å². The summed E-state index contributed by atoms with van der Waals surface area (Å²) in [6.07, 6.45) is -0.694. The number of rotatable bonds is 11. The topological polar surface area (TPSA) is 98.0 Å². The van der Waals surface area contributed by atoms with Crippen molar-refractivity contribution in [1.29, 1.82) is 0 Å². The van der Waals surface area contributed by atoms with Crippen LogP contribution in [0.1, 0.15) is 23.7 Å². The van der Waals surface area contributed by atoms with E-state index >= 15 is 0 Å². The van der Waals surface area contributed by atoms with Crippen LogP contribution in [0.25, 0.3) is 33.9 Å². The summed E-state index contributed by atoms with van der Waals surface area (Å²) >= 11 is 39.1. The Kier molecular flexibility index (Phi) is 13.0. The third kappa shape index (κ3) is 9.21. The van der Waals surface area contributed by atoms with Crippen molar-refractivity contribution in [2.75, 3.05) is 58.9 Å². The average Bonchev–Trinajstić information content (AvgIpc) is 3.84. The third-order valence-corrected chi connectivity index (χ3v) is 12.9. The SMILES string of the molecule is CS(=O)(=O)N(C(c1cc(-c2ccc(Cl)cc2)n(-c2ccc(Cl)cc2Cl)n1)N1CCOCC1)C(c1cc(-c2ccc(Cl)cc2)n(-c2ccc(Cl)cc2Cl)n1)N1CCOCC1. The highest BCUT2D eigenvalue weighted by atomic mass is 35.5. The minimum Gasteiger partial charge on any atom is -0.379 e. The van der Waals surface area contributed by atoms with Crippen LogP contribution in [0.5, 0.6) is 0 Å². The van der Waals surface area contributed by atoms with Gasteiger partial charge in [0.15, 0.2) is 0 Å². The van der Waals surface area contributed by atoms with E-state index < -0.39 is 22.4 Å². The first-order valence-electron chi connectivity index (χ1n) is 18.6. The summed E-state index contributed by atoms with van der Waals surface area (Å²) in [4.78, 5) is 4.15. The lowest BCUT2D eigenvalue weighted by atomic mass is 10.1. The van der Waals surface area contributed by atoms with Gasteiger partial charge in [0.25, 0.3) is 0 Å². The molecule has 2 aliphatic heterocycles. The van der Waals surface area contributed by atoms with Crippen molar-refractivity contribution in [3.05, 3.63) is 139 Å². The van der Waals surface area contributed by atoms with E-state index in [1.165, 1.54) is 10.6 Å². The smallest absolute Gasteiger partial charge is 0.214 e. The van der Waals surface area contributed by atoms with Crippen molar-refractivity contribution in [1.82, 2.24) is 33.7 Å². The first-order valence-corrected chi connectivity index (χ1v) is 22.7. The van der Waals surface area contributed by atoms with Gasteiger partial charge in [-0.3, -0.25) is 9.80 Å². The molecule has 2 unspecified atom stereocenters. The van der Waals surface area contributed by atoms with E-state index in [0.29, 0.717) is 117 Å². The molecule has 0 spiro atoms. The van der Waals surface area contributed by atoms with E-state index in [1.54, 1.807) is 70.0 Å². The molecule has 0 N–H and O–H groups in total. The van der Waals surface area contributed by atoms with Gasteiger partial charge in [-0.05, 0) is 72.8 Å². The van der Waals surface area contributed by atoms with Crippen molar-refractivity contribution in [3.63, 3.8) is 0 Å². The van der Waals surface area contributed by atoms with E-state index in [1.807, 2.05) is 36.4 Å². The molecule has 4 aromatic carbocycles. The summed E-state index contributed by atoms with van der Waals surface area (Å²) in [5, 5.41) is 13.2. The molecule has 6 aromatic rings. The molecule has 0 saturated carbocycles. The fourth-order valence-electron chi connectivity index (χ4n) is 7.47. The number of nitrogens with zero attached hydrogens (tertiary/aromatic N) is 7. The van der Waals surface area contributed by atoms with Crippen LogP contribution < -0.4 is 0 Å². The number of ether oxygens (including phenoxy) is 2. The Bertz CT molecular complexity index is 2400. The summed E-state index contributed by atoms with van der Waals surface area (Å²) in [5.74, 6) is 0. The summed E-state index contributed by atoms with van der Waals surface area (Å²) in [6, 6.07) is 28.8. The molecule has 59 heavy (non-hydrogen) atoms. The Morgan fingerprint density at radius 3 is 1.24 bits per heavy atom. The van der Waals surface area contributed by atoms with Gasteiger partial charge in [0, 0.05) is 57.4 Å². The van der Waals surface area contributed by atoms with Gasteiger partial charge in [-0.2, -0.15) is 14.5 Å². The summed E-state index contributed by atoms with van der Waals surface area (Å²) in [7, 11) is -4.11. The second-order valence-electron chi connectivity index (χ2n) is 14.1. The van der Waals surface area contributed by atoms with Crippen molar-refractivity contribution in [3.8, 4) is 33.9 Å². The zero-order valence-electron chi connectivity index (χ0n) is 31.5. The Balaban J connectivity index is 1.37. The van der Waals surface area contributed by atoms with Crippen LogP contribution in [0.3, 0.4) is 0 Å². The molecule has 2 fully saturated rings. The molecule has 2 atom stereocenters. The van der Waals surface area contributed by atoms with Gasteiger partial charge in [-0.1, -0.05) is 93.9 Å². The normalized spacial score (nSPS) is 16.7. The molecule has 2 aromatic heterocycles. The molecular weight excluding hydrogens is 899 g/mol. The molecule has 0 radical (unpaired) electrons. The summed E-state index contributed by atoms with van der Waals surface area (Å²) < 4.78 is 46.2. The van der Waals surface area contributed by atoms with Crippen LogP contribution in [0.15, 0.2) is 97.1 Å². The third-order valence-electron chi connectivity index (χ3n) is 10.2. The molecule has 11 nitrogen and oxygen atoms in total. The molecule has 0 amide bonds. The lowest BCUT2D eigenvalue weighted by Crippen LogP contribution is -2.55. The van der Waals surface area contributed by atoms with Gasteiger partial charge in [-0.15, -0.1) is 0 Å². The van der Waals surface area contributed by atoms with Crippen LogP contribution in [0, 0.1) is 0 Å². The molecule has 0 bridgehead atoms. The van der Waals surface area contributed by atoms with Gasteiger partial charge >= 0.3 is 0 Å². The predicted molar refractivity (Wildman–Crippen MR) is 235 cm³/mol. The van der Waals surface area contributed by atoms with Gasteiger partial charge in [0.05, 0.1) is 76.9 Å². The molecule has 308 valence electrons. The van der Waals surface area contributed by atoms with Crippen LogP contribution >= 0.6 is 69.6 Å². The summed E-state index contributed by atoms with van der Waals surface area (Å²) in [6.45, 7) is 3.21. The van der Waals surface area contributed by atoms with Crippen LogP contribution in [-0.4, -0.2) is 101 Å². The van der Waals surface area contributed by atoms with Crippen molar-refractivity contribution < 1.29 is 17.9 Å². The monoisotopic (exact) mass is 933 g/mol. The van der Waals surface area contributed by atoms with Crippen LogP contribution in [-0.2, 0) is 19.5 Å². The molecule has 0 aliphatic carbocycles. The maximum absolute atomic E-state index is 14.8. The Morgan fingerprint density at radius 1 is 0.542 bits per heavy atom. The Hall–Kier alpha value is -3.21. The minimum absolute atomic E-state index is 0.359. The maximum atomic E-state index is 14.8. The first kappa shape index (κ1) is 42.5. The zero-order valence-corrected chi connectivity index (χ0v) is 36.8. The van der Waals surface area contributed by atoms with Crippen LogP contribution in [0.2, 0.25) is 30.1 Å². The second kappa shape index (κ2) is 18.0. The summed E-state index contributed by atoms with van der Waals surface area (Å²) in [5.41, 5.74) is 4.87. The zero-order chi connectivity index (χ0) is 41.4. The lowest BCUT2D eigenvalue weighted by molar-refractivity contribution is -0.0669. The number of halogens is 6. The number of morpholine rings is 2. The van der Waals surface area contributed by atoms with Gasteiger partial charge in [0.1, 0.15) is 12.3 Å². The number of aromatic nitrogens is 4. The van der Waals surface area contributed by atoms with Gasteiger partial charge in [0.2, 0.25) is 10.0 Å². The molecule has 2 aliphatic rings. The number of sulfonamides is 1. The van der Waals surface area contributed by atoms with E-state index in [0.717, 1.165) is 11.1 Å². The molecular formula is C41H37Cl6N7O4S. The standard InChI is InChI=1S/C41H37Cl6N7O4S/c1-59(55,56)54(40(50-14-18-57-19-15-50)34-24-38(26-2-6-28(42)7-3-26)52(48-34)36-12-10-30(44)22-32(36)46)41(51-16-20-58-21-17-51)35-25-39(27-4-8-29(43)9-5-27)53(49-35)37-13-11-31(45)23-33(37)47/h2-13,22-25,40-41H,14-21H2,1H3. The van der Waals surface area contributed by atoms with E-state index in [2.05, 4.69) is 9.80 Å². The quantitative estimate of drug-likeness (QED) is 0.127. The average molecular weight is 937 g/mol. The van der Waals surface area contributed by atoms with Gasteiger partial charge in [-0.25, -0.2) is 17.8 Å². The van der Waals surface area contributed by atoms with E-state index in [-0.39, 0.29) is 0 Å². The van der Waals surface area contributed by atoms with E-state index in [4.69, 9.17) is 89.3 Å². The second-order valence-corrected chi connectivity index (χ2v) is 18.5. The highest BCUT2D eigenvalue weighted by Crippen LogP contribution is 2.42. The molecule has 18 heteroatoms. The highest BCUT2D eigenvalue weighted by molar-refractivity contribution is 7.88. The largest absolute Gasteiger partial charge is 0.379 e. The van der Waals surface area contributed by atoms with Crippen molar-refractivity contribution >= 4 is 79.6 Å². The Labute approximate surface area is 372 Å². The highest BCUT2D eigenvalue weighted by Gasteiger charge is 2.45. The number of hydrogen-bond acceptors (Lipinski definition) is 8. The first-order chi connectivity index (χ1) is 28.4. The molecule has 4 heterocycles. The minimum atomic E-state index is -4.11. The molecule has 8 rings (SSSR count). The van der Waals surface area contributed by atoms with E-state index in [9.17, 15) is 8.42 Å².